The molecule has 0 saturated carbocycles. The Bertz CT molecular complexity index is 376. The second-order valence-corrected chi connectivity index (χ2v) is 4.72. The van der Waals surface area contributed by atoms with Crippen LogP contribution >= 0.6 is 0 Å². The quantitative estimate of drug-likeness (QED) is 0.615. The minimum absolute atomic E-state index is 0.0330. The summed E-state index contributed by atoms with van der Waals surface area (Å²) in [5.74, 6) is -1.13. The zero-order valence-electron chi connectivity index (χ0n) is 10.3. The van der Waals surface area contributed by atoms with Crippen molar-refractivity contribution in [2.45, 2.75) is 12.5 Å². The van der Waals surface area contributed by atoms with Gasteiger partial charge in [-0.1, -0.05) is 0 Å². The van der Waals surface area contributed by atoms with Crippen LogP contribution in [-0.2, 0) is 14.4 Å². The molecule has 2 amide bonds. The molecule has 2 aliphatic heterocycles. The normalized spacial score (nSPS) is 26.9. The van der Waals surface area contributed by atoms with E-state index in [1.165, 1.54) is 11.9 Å². The third-order valence-corrected chi connectivity index (χ3v) is 3.56. The Labute approximate surface area is 105 Å². The number of likely N-dealkylation sites (N-methyl/N-ethyl adjacent to an activating group) is 1. The van der Waals surface area contributed by atoms with Gasteiger partial charge in [0.1, 0.15) is 0 Å². The SMILES string of the molecule is CN1C(=O)CC(N2CCN(CC(=O)O)CC2)C1=O. The van der Waals surface area contributed by atoms with Crippen molar-refractivity contribution in [1.29, 1.82) is 0 Å². The van der Waals surface area contributed by atoms with E-state index in [9.17, 15) is 14.4 Å². The first-order chi connectivity index (χ1) is 8.49. The van der Waals surface area contributed by atoms with E-state index in [1.807, 2.05) is 9.80 Å². The molecule has 1 atom stereocenters. The van der Waals surface area contributed by atoms with Crippen molar-refractivity contribution in [3.63, 3.8) is 0 Å². The Kier molecular flexibility index (Phi) is 3.63. The van der Waals surface area contributed by atoms with Crippen molar-refractivity contribution in [3.8, 4) is 0 Å². The number of piperazine rings is 1. The van der Waals surface area contributed by atoms with Crippen LogP contribution in [0.5, 0.6) is 0 Å². The van der Waals surface area contributed by atoms with Crippen molar-refractivity contribution in [3.05, 3.63) is 0 Å². The highest BCUT2D eigenvalue weighted by Gasteiger charge is 2.40. The van der Waals surface area contributed by atoms with Gasteiger partial charge in [-0.05, 0) is 0 Å². The van der Waals surface area contributed by atoms with Crippen molar-refractivity contribution < 1.29 is 19.5 Å². The predicted molar refractivity (Wildman–Crippen MR) is 61.8 cm³/mol. The fourth-order valence-corrected chi connectivity index (χ4v) is 2.45. The maximum Gasteiger partial charge on any atom is 0.317 e. The average Bonchev–Trinajstić information content (AvgIpc) is 2.57. The van der Waals surface area contributed by atoms with Crippen molar-refractivity contribution >= 4 is 17.8 Å². The van der Waals surface area contributed by atoms with Crippen LogP contribution in [0.4, 0.5) is 0 Å². The van der Waals surface area contributed by atoms with Gasteiger partial charge >= 0.3 is 5.97 Å². The number of carbonyl (C=O) groups is 3. The Morgan fingerprint density at radius 3 is 2.33 bits per heavy atom. The van der Waals surface area contributed by atoms with Crippen LogP contribution in [0.2, 0.25) is 0 Å². The van der Waals surface area contributed by atoms with Crippen LogP contribution in [0.3, 0.4) is 0 Å². The van der Waals surface area contributed by atoms with Crippen LogP contribution < -0.4 is 0 Å². The van der Waals surface area contributed by atoms with Crippen LogP contribution in [0, 0.1) is 0 Å². The number of carboxylic acids is 1. The molecule has 2 aliphatic rings. The molecule has 0 aromatic heterocycles. The Hall–Kier alpha value is -1.47. The van der Waals surface area contributed by atoms with E-state index < -0.39 is 5.97 Å². The lowest BCUT2D eigenvalue weighted by atomic mass is 10.2. The molecule has 7 nitrogen and oxygen atoms in total. The van der Waals surface area contributed by atoms with E-state index in [0.29, 0.717) is 26.2 Å². The smallest absolute Gasteiger partial charge is 0.317 e. The summed E-state index contributed by atoms with van der Waals surface area (Å²) >= 11 is 0. The molecule has 2 heterocycles. The van der Waals surface area contributed by atoms with E-state index in [4.69, 9.17) is 5.11 Å². The molecule has 0 bridgehead atoms. The Morgan fingerprint density at radius 1 is 1.28 bits per heavy atom. The third kappa shape index (κ3) is 2.51. The molecule has 0 spiro atoms. The standard InChI is InChI=1S/C11H17N3O4/c1-12-9(15)6-8(11(12)18)14-4-2-13(3-5-14)7-10(16)17/h8H,2-7H2,1H3,(H,16,17). The molecule has 18 heavy (non-hydrogen) atoms. The van der Waals surface area contributed by atoms with E-state index in [2.05, 4.69) is 0 Å². The first-order valence-electron chi connectivity index (χ1n) is 5.97. The molecule has 0 aromatic carbocycles. The number of imide groups is 1. The van der Waals surface area contributed by atoms with E-state index >= 15 is 0 Å². The number of likely N-dealkylation sites (tertiary alicyclic amines) is 1. The second kappa shape index (κ2) is 5.03. The van der Waals surface area contributed by atoms with Gasteiger partial charge in [0.15, 0.2) is 0 Å². The highest BCUT2D eigenvalue weighted by Crippen LogP contribution is 2.18. The number of amides is 2. The molecule has 2 saturated heterocycles. The zero-order chi connectivity index (χ0) is 13.3. The molecule has 7 heteroatoms. The van der Waals surface area contributed by atoms with E-state index in [0.717, 1.165) is 0 Å². The number of hydrogen-bond donors (Lipinski definition) is 1. The topological polar surface area (TPSA) is 81.2 Å². The van der Waals surface area contributed by atoms with Gasteiger partial charge < -0.3 is 5.11 Å². The Morgan fingerprint density at radius 2 is 1.89 bits per heavy atom. The molecular weight excluding hydrogens is 238 g/mol. The number of carboxylic acid groups (broad SMARTS) is 1. The van der Waals surface area contributed by atoms with Crippen LogP contribution in [-0.4, -0.2) is 83.4 Å². The molecule has 0 aliphatic carbocycles. The fourth-order valence-electron chi connectivity index (χ4n) is 2.45. The summed E-state index contributed by atoms with van der Waals surface area (Å²) in [6, 6.07) is -0.352. The van der Waals surface area contributed by atoms with Crippen molar-refractivity contribution in [2.24, 2.45) is 0 Å². The lowest BCUT2D eigenvalue weighted by Gasteiger charge is -2.36. The third-order valence-electron chi connectivity index (χ3n) is 3.56. The number of nitrogens with zero attached hydrogens (tertiary/aromatic N) is 3. The number of hydrogen-bond acceptors (Lipinski definition) is 5. The maximum absolute atomic E-state index is 11.8. The van der Waals surface area contributed by atoms with Gasteiger partial charge in [-0.25, -0.2) is 0 Å². The summed E-state index contributed by atoms with van der Waals surface area (Å²) in [5, 5.41) is 8.69. The highest BCUT2D eigenvalue weighted by molar-refractivity contribution is 6.05. The summed E-state index contributed by atoms with van der Waals surface area (Å²) in [6.07, 6.45) is 0.244. The molecule has 0 radical (unpaired) electrons. The summed E-state index contributed by atoms with van der Waals surface area (Å²) in [4.78, 5) is 38.8. The molecule has 2 rings (SSSR count). The first-order valence-corrected chi connectivity index (χ1v) is 5.97. The molecular formula is C11H17N3O4. The second-order valence-electron chi connectivity index (χ2n) is 4.72. The zero-order valence-corrected chi connectivity index (χ0v) is 10.3. The van der Waals surface area contributed by atoms with Gasteiger partial charge in [0.2, 0.25) is 11.8 Å². The van der Waals surface area contributed by atoms with Gasteiger partial charge in [-0.3, -0.25) is 29.1 Å². The number of aliphatic carboxylic acids is 1. The van der Waals surface area contributed by atoms with Crippen LogP contribution in [0.1, 0.15) is 6.42 Å². The number of rotatable bonds is 3. The van der Waals surface area contributed by atoms with Crippen LogP contribution in [0.25, 0.3) is 0 Å². The van der Waals surface area contributed by atoms with Gasteiger partial charge in [0.05, 0.1) is 19.0 Å². The van der Waals surface area contributed by atoms with E-state index in [-0.39, 0.29) is 30.8 Å². The molecule has 100 valence electrons. The van der Waals surface area contributed by atoms with Crippen LogP contribution in [0.15, 0.2) is 0 Å². The lowest BCUT2D eigenvalue weighted by Crippen LogP contribution is -2.53. The van der Waals surface area contributed by atoms with Crippen molar-refractivity contribution in [1.82, 2.24) is 14.7 Å². The summed E-state index contributed by atoms with van der Waals surface area (Å²) in [7, 11) is 1.51. The largest absolute Gasteiger partial charge is 0.480 e. The summed E-state index contributed by atoms with van der Waals surface area (Å²) < 4.78 is 0. The summed E-state index contributed by atoms with van der Waals surface area (Å²) in [5.41, 5.74) is 0. The minimum Gasteiger partial charge on any atom is -0.480 e. The lowest BCUT2D eigenvalue weighted by molar-refractivity contribution is -0.141. The average molecular weight is 255 g/mol. The highest BCUT2D eigenvalue weighted by atomic mass is 16.4. The van der Waals surface area contributed by atoms with Gasteiger partial charge in [0, 0.05) is 33.2 Å². The molecule has 1 N–H and O–H groups in total. The fraction of sp³-hybridized carbons (Fsp3) is 0.727. The predicted octanol–water partition coefficient (Wildman–Crippen LogP) is -1.55. The maximum atomic E-state index is 11.8. The Balaban J connectivity index is 1.89. The number of carbonyl (C=O) groups excluding carboxylic acids is 2. The monoisotopic (exact) mass is 255 g/mol. The van der Waals surface area contributed by atoms with Gasteiger partial charge in [-0.15, -0.1) is 0 Å². The minimum atomic E-state index is -0.838. The first kappa shape index (κ1) is 13.0. The molecule has 1 unspecified atom stereocenters. The van der Waals surface area contributed by atoms with Gasteiger partial charge in [-0.2, -0.15) is 0 Å². The summed E-state index contributed by atoms with van der Waals surface area (Å²) in [6.45, 7) is 2.53. The molecule has 0 aromatic rings. The molecule has 2 fully saturated rings. The van der Waals surface area contributed by atoms with Crippen molar-refractivity contribution in [2.75, 3.05) is 39.8 Å². The van der Waals surface area contributed by atoms with E-state index in [1.54, 1.807) is 0 Å². The van der Waals surface area contributed by atoms with Gasteiger partial charge in [0.25, 0.3) is 0 Å².